The van der Waals surface area contributed by atoms with Gasteiger partial charge in [-0.1, -0.05) is 128 Å². The van der Waals surface area contributed by atoms with E-state index in [0.29, 0.717) is 93.3 Å². The van der Waals surface area contributed by atoms with Crippen LogP contribution < -0.4 is 42.5 Å². The molecule has 22 nitrogen and oxygen atoms in total. The summed E-state index contributed by atoms with van der Waals surface area (Å²) >= 11 is 0. The molecule has 0 spiro atoms. The molecule has 9 atom stereocenters. The Morgan fingerprint density at radius 2 is 0.891 bits per heavy atom. The number of aliphatic hydroxyl groups is 2. The summed E-state index contributed by atoms with van der Waals surface area (Å²) in [7, 11) is 3.30. The zero-order chi connectivity index (χ0) is 65.2. The lowest BCUT2D eigenvalue weighted by Gasteiger charge is -2.37. The van der Waals surface area contributed by atoms with E-state index in [1.54, 1.807) is 96.7 Å². The second-order valence-corrected chi connectivity index (χ2v) is 25.3. The van der Waals surface area contributed by atoms with Crippen molar-refractivity contribution in [3.05, 3.63) is 144 Å². The predicted octanol–water partition coefficient (Wildman–Crippen LogP) is 2.89. The van der Waals surface area contributed by atoms with Crippen molar-refractivity contribution >= 4 is 47.3 Å². The molecule has 4 aromatic rings. The number of hydrogen-bond donors (Lipinski definition) is 10. The van der Waals surface area contributed by atoms with Crippen molar-refractivity contribution in [1.29, 1.82) is 0 Å². The molecule has 4 heterocycles. The summed E-state index contributed by atoms with van der Waals surface area (Å²) in [6, 6.07) is 31.1. The number of likely N-dealkylation sites (N-methyl/N-ethyl adjacent to an activating group) is 2. The Labute approximate surface area is 539 Å². The fraction of sp³-hybridized carbons (Fsp3) is 0.543. The van der Waals surface area contributed by atoms with Gasteiger partial charge in [0, 0.05) is 63.4 Å². The van der Waals surface area contributed by atoms with Gasteiger partial charge in [0.1, 0.15) is 24.2 Å². The van der Waals surface area contributed by atoms with Crippen molar-refractivity contribution in [2.45, 2.75) is 144 Å². The summed E-state index contributed by atoms with van der Waals surface area (Å²) < 4.78 is 12.4. The summed E-state index contributed by atoms with van der Waals surface area (Å²) in [5.74, 6) is -4.06. The Morgan fingerprint density at radius 1 is 0.522 bits per heavy atom. The van der Waals surface area contributed by atoms with E-state index in [-0.39, 0.29) is 75.9 Å². The number of amides is 8. The lowest BCUT2D eigenvalue weighted by Crippen LogP contribution is -2.62. The number of ether oxygens (including phenoxy) is 2. The van der Waals surface area contributed by atoms with Gasteiger partial charge in [-0.2, -0.15) is 0 Å². The fourth-order valence-electron chi connectivity index (χ4n) is 14.6. The average molecular weight is 1270 g/mol. The fourth-order valence-corrected chi connectivity index (χ4v) is 14.6. The molecule has 92 heavy (non-hydrogen) atoms. The highest BCUT2D eigenvalue weighted by atomic mass is 16.5. The Kier molecular flexibility index (Phi) is 24.5. The summed E-state index contributed by atoms with van der Waals surface area (Å²) in [6.07, 6.45) is 8.00. The molecule has 10 N–H and O–H groups in total. The minimum absolute atomic E-state index is 0.0210. The first-order valence-electron chi connectivity index (χ1n) is 33.1. The zero-order valence-corrected chi connectivity index (χ0v) is 53.3. The van der Waals surface area contributed by atoms with Gasteiger partial charge < -0.3 is 72.0 Å². The average Bonchev–Trinajstić information content (AvgIpc) is 1.09. The molecule has 5 aliphatic rings. The molecule has 8 amide bonds. The van der Waals surface area contributed by atoms with Crippen LogP contribution in [0.5, 0.6) is 0 Å². The Hall–Kier alpha value is -7.60. The van der Waals surface area contributed by atoms with Gasteiger partial charge in [-0.15, -0.1) is 0 Å². The van der Waals surface area contributed by atoms with Crippen LogP contribution in [0.1, 0.15) is 113 Å². The first kappa shape index (κ1) is 68.8. The third-order valence-electron chi connectivity index (χ3n) is 19.7. The van der Waals surface area contributed by atoms with Crippen LogP contribution in [0.15, 0.2) is 121 Å². The molecule has 496 valence electrons. The molecular formula is C70H94N10O12. The van der Waals surface area contributed by atoms with E-state index in [1.807, 2.05) is 55.5 Å². The number of carbonyl (C=O) groups is 8. The van der Waals surface area contributed by atoms with Crippen molar-refractivity contribution in [1.82, 2.24) is 52.3 Å². The number of aliphatic hydroxyl groups excluding tert-OH is 2. The van der Waals surface area contributed by atoms with E-state index in [9.17, 15) is 43.8 Å². The van der Waals surface area contributed by atoms with E-state index >= 15 is 4.79 Å². The molecule has 0 radical (unpaired) electrons. The molecule has 0 bridgehead atoms. The van der Waals surface area contributed by atoms with Crippen molar-refractivity contribution in [2.24, 2.45) is 23.7 Å². The summed E-state index contributed by atoms with van der Waals surface area (Å²) in [6.45, 7) is 2.95. The number of nitrogens with zero attached hydrogens (tertiary/aromatic N) is 2. The number of benzene rings is 4. The molecule has 4 aliphatic heterocycles. The molecule has 1 aliphatic carbocycles. The van der Waals surface area contributed by atoms with E-state index in [4.69, 9.17) is 9.47 Å². The molecule has 22 heteroatoms. The monoisotopic (exact) mass is 1270 g/mol. The first-order valence-corrected chi connectivity index (χ1v) is 33.1. The van der Waals surface area contributed by atoms with Crippen molar-refractivity contribution in [2.75, 3.05) is 73.4 Å². The van der Waals surface area contributed by atoms with Crippen LogP contribution in [0.25, 0.3) is 0 Å². The largest absolute Gasteiger partial charge is 0.396 e. The summed E-state index contributed by atoms with van der Waals surface area (Å²) in [5.41, 5.74) is -1.34. The van der Waals surface area contributed by atoms with E-state index in [2.05, 4.69) is 42.5 Å². The lowest BCUT2D eigenvalue weighted by molar-refractivity contribution is -0.145. The first-order chi connectivity index (χ1) is 44.7. The van der Waals surface area contributed by atoms with Crippen LogP contribution in [-0.2, 0) is 58.9 Å². The van der Waals surface area contributed by atoms with Gasteiger partial charge in [0.05, 0.1) is 25.8 Å². The van der Waals surface area contributed by atoms with Gasteiger partial charge in [-0.05, 0) is 132 Å². The molecule has 0 unspecified atom stereocenters. The molecule has 4 saturated heterocycles. The van der Waals surface area contributed by atoms with Gasteiger partial charge in [0.15, 0.2) is 11.1 Å². The van der Waals surface area contributed by atoms with Crippen LogP contribution in [-0.4, -0.2) is 183 Å². The Balaban J connectivity index is 0.775. The van der Waals surface area contributed by atoms with Crippen LogP contribution >= 0.6 is 0 Å². The predicted molar refractivity (Wildman–Crippen MR) is 345 cm³/mol. The lowest BCUT2D eigenvalue weighted by atomic mass is 9.81. The SMILES string of the molecule is CC[C@H](NC)C(=O)N[C@@H]1C(=O)N2[C@@H](CC[C@@H]1CO)CC[C@H]2C(=O)NC(C(=O)NCCOCC1CCC(COCCNC(=O)C(NC(=O)[C@@H]2CC[C@@H]3CC[C@H](CO)[C@H](NC(=O)CNC)C(=O)N32)(c2ccccc2)c2ccccc2)CC1)(c1ccccc1)c1ccccc1. The third kappa shape index (κ3) is 15.5. The number of hydrogen-bond acceptors (Lipinski definition) is 14. The highest BCUT2D eigenvalue weighted by Gasteiger charge is 2.53. The Morgan fingerprint density at radius 3 is 1.24 bits per heavy atom. The normalized spacial score (nSPS) is 24.4. The number of nitrogens with one attached hydrogen (secondary N) is 8. The maximum atomic E-state index is 15.0. The van der Waals surface area contributed by atoms with Gasteiger partial charge in [0.25, 0.3) is 11.8 Å². The maximum absolute atomic E-state index is 15.0. The summed E-state index contributed by atoms with van der Waals surface area (Å²) in [5, 5.41) is 44.7. The molecule has 5 fully saturated rings. The topological polar surface area (TPSA) is 298 Å². The van der Waals surface area contributed by atoms with Gasteiger partial charge in [-0.3, -0.25) is 38.4 Å². The third-order valence-corrected chi connectivity index (χ3v) is 19.7. The van der Waals surface area contributed by atoms with Crippen molar-refractivity contribution < 1.29 is 58.0 Å². The van der Waals surface area contributed by atoms with E-state index in [0.717, 1.165) is 25.7 Å². The standard InChI is InChI=1S/C70H94N10O12/c1-4-56(72-3)62(84)76-61-49(43-82)30-32-55-34-36-58(80(55)66(61)88)64(86)78-70(52-21-13-7-14-22-52,53-23-15-8-16-24-53)68(90)74-38-40-92-45-47-27-25-46(26-28-47)44-91-39-37-73-67(89)69(50-17-9-5-10-18-50,51-19-11-6-12-20-51)77-63(85)57-35-33-54-31-29-48(42-81)60(65(87)79(54)57)75-59(83)41-71-2/h5-24,46-49,54-58,60-61,71-72,81-82H,4,25-45H2,1-3H3,(H,73,89)(H,74,90)(H,75,83)(H,76,84)(H,77,85)(H,78,86)/t46?,47?,48-,49-,54+,55+,56+,57+,58+,60+,61+/m1/s1. The number of carbonyl (C=O) groups excluding carboxylic acids is 8. The smallest absolute Gasteiger partial charge is 0.255 e. The molecule has 1 saturated carbocycles. The van der Waals surface area contributed by atoms with Crippen LogP contribution in [0.3, 0.4) is 0 Å². The molecular weight excluding hydrogens is 1170 g/mol. The van der Waals surface area contributed by atoms with Crippen LogP contribution in [0.4, 0.5) is 0 Å². The van der Waals surface area contributed by atoms with Gasteiger partial charge >= 0.3 is 0 Å². The number of fused-ring (bicyclic) bond motifs is 2. The Bertz CT molecular complexity index is 3020. The second kappa shape index (κ2) is 32.8. The minimum Gasteiger partial charge on any atom is -0.396 e. The van der Waals surface area contributed by atoms with Crippen LogP contribution in [0, 0.1) is 23.7 Å². The second-order valence-electron chi connectivity index (χ2n) is 25.3. The number of rotatable bonds is 29. The quantitative estimate of drug-likeness (QED) is 0.0350. The summed E-state index contributed by atoms with van der Waals surface area (Å²) in [4.78, 5) is 118. The highest BCUT2D eigenvalue weighted by Crippen LogP contribution is 2.39. The van der Waals surface area contributed by atoms with Crippen molar-refractivity contribution in [3.63, 3.8) is 0 Å². The van der Waals surface area contributed by atoms with Gasteiger partial charge in [-0.25, -0.2) is 0 Å². The molecule has 4 aromatic carbocycles. The van der Waals surface area contributed by atoms with Crippen LogP contribution in [0.2, 0.25) is 0 Å². The molecule has 9 rings (SSSR count). The van der Waals surface area contributed by atoms with Gasteiger partial charge in [0.2, 0.25) is 35.4 Å². The highest BCUT2D eigenvalue weighted by molar-refractivity contribution is 6.01. The zero-order valence-electron chi connectivity index (χ0n) is 53.3. The maximum Gasteiger partial charge on any atom is 0.255 e. The van der Waals surface area contributed by atoms with E-state index in [1.165, 1.54) is 0 Å². The van der Waals surface area contributed by atoms with E-state index < -0.39 is 94.5 Å². The molecule has 0 aromatic heterocycles. The van der Waals surface area contributed by atoms with Crippen molar-refractivity contribution in [3.8, 4) is 0 Å². The minimum atomic E-state index is -1.71.